The van der Waals surface area contributed by atoms with Gasteiger partial charge in [-0.1, -0.05) is 11.6 Å². The molecular weight excluding hydrogens is 241 g/mol. The summed E-state index contributed by atoms with van der Waals surface area (Å²) in [5.41, 5.74) is 0. The van der Waals surface area contributed by atoms with Crippen LogP contribution in [0.5, 0.6) is 5.75 Å². The van der Waals surface area contributed by atoms with Crippen LogP contribution in [0.2, 0.25) is 5.15 Å². The minimum atomic E-state index is 0.139. The highest BCUT2D eigenvalue weighted by Gasteiger charge is 2.04. The minimum absolute atomic E-state index is 0.139. The highest BCUT2D eigenvalue weighted by atomic mass is 79.9. The Labute approximate surface area is 85.0 Å². The van der Waals surface area contributed by atoms with Gasteiger partial charge < -0.3 is 4.74 Å². The molecule has 0 aliphatic heterocycles. The van der Waals surface area contributed by atoms with Crippen LogP contribution >= 0.6 is 27.5 Å². The molecule has 0 saturated heterocycles. The molecule has 0 spiro atoms. The summed E-state index contributed by atoms with van der Waals surface area (Å²) < 4.78 is 6.27. The number of aromatic nitrogens is 1. The average molecular weight is 251 g/mol. The molecule has 66 valence electrons. The second kappa shape index (κ2) is 4.10. The maximum absolute atomic E-state index is 5.69. The molecule has 0 fully saturated rings. The first-order chi connectivity index (χ1) is 5.59. The Kier molecular flexibility index (Phi) is 3.35. The molecule has 0 radical (unpaired) electrons. The average Bonchev–Trinajstić information content (AvgIpc) is 1.96. The Morgan fingerprint density at radius 2 is 2.25 bits per heavy atom. The van der Waals surface area contributed by atoms with Gasteiger partial charge in [0, 0.05) is 12.3 Å². The zero-order chi connectivity index (χ0) is 9.14. The van der Waals surface area contributed by atoms with E-state index in [-0.39, 0.29) is 6.10 Å². The molecule has 1 aromatic rings. The zero-order valence-electron chi connectivity index (χ0n) is 6.84. The van der Waals surface area contributed by atoms with Crippen molar-refractivity contribution >= 4 is 27.5 Å². The molecular formula is C8H9BrClNO. The monoisotopic (exact) mass is 249 g/mol. The third-order valence-corrected chi connectivity index (χ3v) is 1.95. The predicted octanol–water partition coefficient (Wildman–Crippen LogP) is 3.28. The standard InChI is InChI=1S/C8H9BrClNO/c1-5(2)12-7-3-8(10)11-4-6(7)9/h3-5H,1-2H3. The first kappa shape index (κ1) is 9.81. The third-order valence-electron chi connectivity index (χ3n) is 1.15. The van der Waals surface area contributed by atoms with E-state index in [9.17, 15) is 0 Å². The molecule has 1 rings (SSSR count). The van der Waals surface area contributed by atoms with Gasteiger partial charge in [-0.25, -0.2) is 4.98 Å². The smallest absolute Gasteiger partial charge is 0.138 e. The Hall–Kier alpha value is -0.280. The predicted molar refractivity (Wildman–Crippen MR) is 52.7 cm³/mol. The van der Waals surface area contributed by atoms with Crippen molar-refractivity contribution < 1.29 is 4.74 Å². The lowest BCUT2D eigenvalue weighted by Gasteiger charge is -2.10. The van der Waals surface area contributed by atoms with E-state index < -0.39 is 0 Å². The molecule has 12 heavy (non-hydrogen) atoms. The van der Waals surface area contributed by atoms with E-state index >= 15 is 0 Å². The number of hydrogen-bond acceptors (Lipinski definition) is 2. The summed E-state index contributed by atoms with van der Waals surface area (Å²) in [5.74, 6) is 0.727. The Balaban J connectivity index is 2.90. The van der Waals surface area contributed by atoms with E-state index in [4.69, 9.17) is 16.3 Å². The van der Waals surface area contributed by atoms with Crippen molar-refractivity contribution in [3.8, 4) is 5.75 Å². The van der Waals surface area contributed by atoms with Crippen LogP contribution in [0.25, 0.3) is 0 Å². The van der Waals surface area contributed by atoms with Gasteiger partial charge in [-0.2, -0.15) is 0 Å². The molecule has 1 aromatic heterocycles. The van der Waals surface area contributed by atoms with Gasteiger partial charge in [0.25, 0.3) is 0 Å². The Bertz CT molecular complexity index is 278. The lowest BCUT2D eigenvalue weighted by Crippen LogP contribution is -2.06. The van der Waals surface area contributed by atoms with Crippen LogP contribution in [0, 0.1) is 0 Å². The fourth-order valence-electron chi connectivity index (χ4n) is 0.741. The molecule has 0 N–H and O–H groups in total. The van der Waals surface area contributed by atoms with Crippen LogP contribution in [-0.2, 0) is 0 Å². The van der Waals surface area contributed by atoms with Crippen LogP contribution in [0.1, 0.15) is 13.8 Å². The van der Waals surface area contributed by atoms with E-state index in [0.29, 0.717) is 5.15 Å². The molecule has 0 amide bonds. The quantitative estimate of drug-likeness (QED) is 0.752. The van der Waals surface area contributed by atoms with Crippen molar-refractivity contribution in [3.05, 3.63) is 21.9 Å². The van der Waals surface area contributed by atoms with Gasteiger partial charge in [-0.05, 0) is 29.8 Å². The molecule has 4 heteroatoms. The summed E-state index contributed by atoms with van der Waals surface area (Å²) in [4.78, 5) is 3.89. The highest BCUT2D eigenvalue weighted by Crippen LogP contribution is 2.26. The normalized spacial score (nSPS) is 10.4. The molecule has 0 bridgehead atoms. The van der Waals surface area contributed by atoms with Gasteiger partial charge in [0.2, 0.25) is 0 Å². The lowest BCUT2D eigenvalue weighted by molar-refractivity contribution is 0.240. The summed E-state index contributed by atoms with van der Waals surface area (Å²) in [7, 11) is 0. The van der Waals surface area contributed by atoms with Crippen molar-refractivity contribution in [1.29, 1.82) is 0 Å². The van der Waals surface area contributed by atoms with Crippen molar-refractivity contribution in [2.75, 3.05) is 0 Å². The topological polar surface area (TPSA) is 22.1 Å². The molecule has 0 aromatic carbocycles. The van der Waals surface area contributed by atoms with Crippen LogP contribution < -0.4 is 4.74 Å². The largest absolute Gasteiger partial charge is 0.490 e. The lowest BCUT2D eigenvalue weighted by atomic mass is 10.4. The van der Waals surface area contributed by atoms with Crippen molar-refractivity contribution in [2.45, 2.75) is 20.0 Å². The second-order valence-electron chi connectivity index (χ2n) is 2.60. The number of hydrogen-bond donors (Lipinski definition) is 0. The maximum atomic E-state index is 5.69. The summed E-state index contributed by atoms with van der Waals surface area (Å²) >= 11 is 9.00. The maximum Gasteiger partial charge on any atom is 0.138 e. The highest BCUT2D eigenvalue weighted by molar-refractivity contribution is 9.10. The number of halogens is 2. The summed E-state index contributed by atoms with van der Waals surface area (Å²) in [6, 6.07) is 1.69. The summed E-state index contributed by atoms with van der Waals surface area (Å²) in [6.07, 6.45) is 1.76. The van der Waals surface area contributed by atoms with E-state index in [2.05, 4.69) is 20.9 Å². The zero-order valence-corrected chi connectivity index (χ0v) is 9.19. The minimum Gasteiger partial charge on any atom is -0.490 e. The fraction of sp³-hybridized carbons (Fsp3) is 0.375. The third kappa shape index (κ3) is 2.64. The van der Waals surface area contributed by atoms with Gasteiger partial charge in [0.1, 0.15) is 10.9 Å². The molecule has 0 atom stereocenters. The second-order valence-corrected chi connectivity index (χ2v) is 3.85. The van der Waals surface area contributed by atoms with E-state index in [0.717, 1.165) is 10.2 Å². The SMILES string of the molecule is CC(C)Oc1cc(Cl)ncc1Br. The number of ether oxygens (including phenoxy) is 1. The molecule has 0 unspecified atom stereocenters. The molecule has 0 aliphatic carbocycles. The van der Waals surface area contributed by atoms with Crippen LogP contribution in [-0.4, -0.2) is 11.1 Å². The first-order valence-corrected chi connectivity index (χ1v) is 4.74. The van der Waals surface area contributed by atoms with E-state index in [1.807, 2.05) is 13.8 Å². The van der Waals surface area contributed by atoms with Crippen LogP contribution in [0.4, 0.5) is 0 Å². The Morgan fingerprint density at radius 3 is 2.83 bits per heavy atom. The van der Waals surface area contributed by atoms with Gasteiger partial charge in [-0.15, -0.1) is 0 Å². The molecule has 2 nitrogen and oxygen atoms in total. The molecule has 0 aliphatic rings. The van der Waals surface area contributed by atoms with E-state index in [1.54, 1.807) is 12.3 Å². The van der Waals surface area contributed by atoms with Crippen LogP contribution in [0.15, 0.2) is 16.7 Å². The molecule has 1 heterocycles. The van der Waals surface area contributed by atoms with Gasteiger partial charge in [0.15, 0.2) is 0 Å². The summed E-state index contributed by atoms with van der Waals surface area (Å²) in [5, 5.41) is 0.439. The van der Waals surface area contributed by atoms with Gasteiger partial charge >= 0.3 is 0 Å². The fourth-order valence-corrected chi connectivity index (χ4v) is 1.20. The van der Waals surface area contributed by atoms with E-state index in [1.165, 1.54) is 0 Å². The number of rotatable bonds is 2. The van der Waals surface area contributed by atoms with Crippen LogP contribution in [0.3, 0.4) is 0 Å². The van der Waals surface area contributed by atoms with Crippen molar-refractivity contribution in [2.24, 2.45) is 0 Å². The summed E-state index contributed by atoms with van der Waals surface area (Å²) in [6.45, 7) is 3.92. The van der Waals surface area contributed by atoms with Crippen molar-refractivity contribution in [1.82, 2.24) is 4.98 Å². The molecule has 0 saturated carbocycles. The first-order valence-electron chi connectivity index (χ1n) is 3.57. The van der Waals surface area contributed by atoms with Crippen molar-refractivity contribution in [3.63, 3.8) is 0 Å². The van der Waals surface area contributed by atoms with Gasteiger partial charge in [0.05, 0.1) is 10.6 Å². The van der Waals surface area contributed by atoms with Gasteiger partial charge in [-0.3, -0.25) is 0 Å². The Morgan fingerprint density at radius 1 is 1.58 bits per heavy atom. The number of pyridine rings is 1. The number of nitrogens with zero attached hydrogens (tertiary/aromatic N) is 1.